The lowest BCUT2D eigenvalue weighted by molar-refractivity contribution is 0.429. The van der Waals surface area contributed by atoms with Crippen LogP contribution >= 0.6 is 11.8 Å². The molecule has 4 aromatic rings. The third-order valence-electron chi connectivity index (χ3n) is 5.54. The van der Waals surface area contributed by atoms with Crippen LogP contribution in [0.1, 0.15) is 37.5 Å². The first-order valence-corrected chi connectivity index (χ1v) is 11.9. The quantitative estimate of drug-likeness (QED) is 0.184. The van der Waals surface area contributed by atoms with Gasteiger partial charge in [0, 0.05) is 11.1 Å². The topological polar surface area (TPSA) is 73.7 Å². The van der Waals surface area contributed by atoms with E-state index in [9.17, 15) is 5.11 Å². The van der Waals surface area contributed by atoms with Crippen LogP contribution in [0.3, 0.4) is 0 Å². The van der Waals surface area contributed by atoms with Crippen LogP contribution in [0.25, 0.3) is 10.9 Å². The SMILES string of the molecule is CC(C)(C)c1ccc(CSC(=N)N=Nc2c(O)n(Cc3ccccc3)c3ccccc23)cc1. The average Bonchev–Trinajstić information content (AvgIpc) is 3.07. The van der Waals surface area contributed by atoms with Crippen molar-refractivity contribution < 1.29 is 5.11 Å². The summed E-state index contributed by atoms with van der Waals surface area (Å²) in [6, 6.07) is 26.2. The van der Waals surface area contributed by atoms with Gasteiger partial charge in [-0.3, -0.25) is 5.41 Å². The number of rotatable bonds is 5. The molecule has 0 saturated heterocycles. The van der Waals surface area contributed by atoms with Crippen molar-refractivity contribution in [3.8, 4) is 5.88 Å². The van der Waals surface area contributed by atoms with Gasteiger partial charge in [0.25, 0.3) is 0 Å². The Hall–Kier alpha value is -3.38. The van der Waals surface area contributed by atoms with Gasteiger partial charge >= 0.3 is 0 Å². The van der Waals surface area contributed by atoms with Crippen LogP contribution in [0.15, 0.2) is 89.1 Å². The fourth-order valence-corrected chi connectivity index (χ4v) is 4.27. The van der Waals surface area contributed by atoms with Crippen molar-refractivity contribution in [2.24, 2.45) is 10.2 Å². The van der Waals surface area contributed by atoms with Crippen molar-refractivity contribution in [3.05, 3.63) is 95.6 Å². The lowest BCUT2D eigenvalue weighted by atomic mass is 9.87. The van der Waals surface area contributed by atoms with Crippen molar-refractivity contribution in [1.82, 2.24) is 4.57 Å². The number of nitrogens with zero attached hydrogens (tertiary/aromatic N) is 3. The smallest absolute Gasteiger partial charge is 0.221 e. The van der Waals surface area contributed by atoms with Crippen molar-refractivity contribution in [2.45, 2.75) is 38.5 Å². The van der Waals surface area contributed by atoms with Crippen LogP contribution in [0.5, 0.6) is 5.88 Å². The predicted molar refractivity (Wildman–Crippen MR) is 138 cm³/mol. The zero-order valence-corrected chi connectivity index (χ0v) is 19.9. The van der Waals surface area contributed by atoms with Crippen LogP contribution < -0.4 is 0 Å². The van der Waals surface area contributed by atoms with Gasteiger partial charge in [-0.25, -0.2) is 0 Å². The average molecular weight is 457 g/mol. The second kappa shape index (κ2) is 9.63. The largest absolute Gasteiger partial charge is 0.493 e. The molecule has 1 aromatic heterocycles. The lowest BCUT2D eigenvalue weighted by Gasteiger charge is -2.19. The van der Waals surface area contributed by atoms with E-state index in [-0.39, 0.29) is 16.5 Å². The number of aromatic hydroxyl groups is 1. The van der Waals surface area contributed by atoms with E-state index in [0.717, 1.165) is 22.0 Å². The number of hydrogen-bond donors (Lipinski definition) is 2. The first-order chi connectivity index (χ1) is 15.8. The van der Waals surface area contributed by atoms with Crippen molar-refractivity contribution in [2.75, 3.05) is 0 Å². The Morgan fingerprint density at radius 1 is 0.909 bits per heavy atom. The van der Waals surface area contributed by atoms with Gasteiger partial charge in [-0.1, -0.05) is 105 Å². The number of thioether (sulfide) groups is 1. The molecular weight excluding hydrogens is 428 g/mol. The zero-order chi connectivity index (χ0) is 23.4. The third-order valence-corrected chi connectivity index (χ3v) is 6.37. The van der Waals surface area contributed by atoms with Crippen molar-refractivity contribution >= 4 is 33.5 Å². The molecule has 0 fully saturated rings. The highest BCUT2D eigenvalue weighted by atomic mass is 32.2. The summed E-state index contributed by atoms with van der Waals surface area (Å²) in [5, 5.41) is 28.4. The summed E-state index contributed by atoms with van der Waals surface area (Å²) in [6.07, 6.45) is 0. The zero-order valence-electron chi connectivity index (χ0n) is 19.1. The molecule has 168 valence electrons. The third kappa shape index (κ3) is 5.34. The molecule has 0 spiro atoms. The van der Waals surface area contributed by atoms with Gasteiger partial charge in [-0.15, -0.1) is 10.2 Å². The number of amidine groups is 1. The van der Waals surface area contributed by atoms with Crippen LogP contribution in [-0.4, -0.2) is 14.8 Å². The normalized spacial score (nSPS) is 12.0. The second-order valence-electron chi connectivity index (χ2n) is 9.00. The van der Waals surface area contributed by atoms with Gasteiger partial charge in [0.05, 0.1) is 12.1 Å². The number of fused-ring (bicyclic) bond motifs is 1. The molecule has 0 unspecified atom stereocenters. The number of nitrogens with one attached hydrogen (secondary N) is 1. The van der Waals surface area contributed by atoms with E-state index in [2.05, 4.69) is 55.3 Å². The van der Waals surface area contributed by atoms with Gasteiger partial charge in [0.2, 0.25) is 11.0 Å². The predicted octanol–water partition coefficient (Wildman–Crippen LogP) is 7.64. The van der Waals surface area contributed by atoms with Crippen LogP contribution in [0.4, 0.5) is 5.69 Å². The Labute approximate surface area is 198 Å². The molecule has 0 atom stereocenters. The van der Waals surface area contributed by atoms with Gasteiger partial charge in [0.15, 0.2) is 5.69 Å². The van der Waals surface area contributed by atoms with Gasteiger partial charge < -0.3 is 9.67 Å². The summed E-state index contributed by atoms with van der Waals surface area (Å²) in [4.78, 5) is 0. The molecule has 0 aliphatic heterocycles. The van der Waals surface area contributed by atoms with Crippen LogP contribution in [0, 0.1) is 5.41 Å². The summed E-state index contributed by atoms with van der Waals surface area (Å²) < 4.78 is 1.83. The highest BCUT2D eigenvalue weighted by Gasteiger charge is 2.17. The minimum absolute atomic E-state index is 0.0550. The fourth-order valence-electron chi connectivity index (χ4n) is 3.67. The molecular formula is C27H28N4OS. The van der Waals surface area contributed by atoms with Gasteiger partial charge in [-0.05, 0) is 28.2 Å². The molecule has 0 aliphatic carbocycles. The van der Waals surface area contributed by atoms with E-state index < -0.39 is 0 Å². The first kappa shape index (κ1) is 22.8. The van der Waals surface area contributed by atoms with Crippen LogP contribution in [-0.2, 0) is 17.7 Å². The number of azo groups is 1. The summed E-state index contributed by atoms with van der Waals surface area (Å²) >= 11 is 1.32. The Bertz CT molecular complexity index is 1290. The maximum atomic E-state index is 10.9. The molecule has 33 heavy (non-hydrogen) atoms. The summed E-state index contributed by atoms with van der Waals surface area (Å²) in [5.74, 6) is 0.698. The van der Waals surface area contributed by atoms with E-state index in [1.807, 2.05) is 59.2 Å². The molecule has 0 radical (unpaired) electrons. The van der Waals surface area contributed by atoms with E-state index in [1.165, 1.54) is 17.3 Å². The molecule has 1 heterocycles. The van der Waals surface area contributed by atoms with E-state index in [1.54, 1.807) is 0 Å². The Kier molecular flexibility index (Phi) is 6.65. The molecule has 0 amide bonds. The number of hydrogen-bond acceptors (Lipinski definition) is 4. The van der Waals surface area contributed by atoms with Gasteiger partial charge in [0.1, 0.15) is 0 Å². The Morgan fingerprint density at radius 3 is 2.27 bits per heavy atom. The van der Waals surface area contributed by atoms with Gasteiger partial charge in [-0.2, -0.15) is 0 Å². The molecule has 0 bridgehead atoms. The minimum atomic E-state index is 0.0550. The molecule has 3 aromatic carbocycles. The molecule has 6 heteroatoms. The molecule has 2 N–H and O–H groups in total. The monoisotopic (exact) mass is 456 g/mol. The number of para-hydroxylation sites is 1. The highest BCUT2D eigenvalue weighted by Crippen LogP contribution is 2.39. The second-order valence-corrected chi connectivity index (χ2v) is 9.97. The molecule has 5 nitrogen and oxygen atoms in total. The van der Waals surface area contributed by atoms with Crippen molar-refractivity contribution in [1.29, 1.82) is 5.41 Å². The summed E-state index contributed by atoms with van der Waals surface area (Å²) in [5.41, 5.74) is 4.89. The fraction of sp³-hybridized carbons (Fsp3) is 0.222. The van der Waals surface area contributed by atoms with Crippen LogP contribution in [0.2, 0.25) is 0 Å². The van der Waals surface area contributed by atoms with E-state index >= 15 is 0 Å². The van der Waals surface area contributed by atoms with E-state index in [4.69, 9.17) is 5.41 Å². The van der Waals surface area contributed by atoms with Crippen molar-refractivity contribution in [3.63, 3.8) is 0 Å². The summed E-state index contributed by atoms with van der Waals surface area (Å²) in [6.45, 7) is 7.11. The lowest BCUT2D eigenvalue weighted by Crippen LogP contribution is -2.10. The first-order valence-electron chi connectivity index (χ1n) is 10.9. The highest BCUT2D eigenvalue weighted by molar-refractivity contribution is 8.13. The summed E-state index contributed by atoms with van der Waals surface area (Å²) in [7, 11) is 0. The Balaban J connectivity index is 1.49. The number of aromatic nitrogens is 1. The minimum Gasteiger partial charge on any atom is -0.493 e. The maximum absolute atomic E-state index is 10.9. The molecule has 0 saturated carbocycles. The number of benzene rings is 3. The molecule has 4 rings (SSSR count). The standard InChI is InChI=1S/C27H28N4OS/c1-27(2,3)21-15-13-20(14-16-21)18-33-26(28)30-29-24-22-11-7-8-12-23(22)31(25(24)32)17-19-9-5-4-6-10-19/h4-16,28,32H,17-18H2,1-3H3. The Morgan fingerprint density at radius 2 is 1.58 bits per heavy atom. The molecule has 0 aliphatic rings. The maximum Gasteiger partial charge on any atom is 0.221 e. The van der Waals surface area contributed by atoms with E-state index in [0.29, 0.717) is 18.0 Å².